The summed E-state index contributed by atoms with van der Waals surface area (Å²) in [6, 6.07) is 27.5. The molecule has 10 rings (SSSR count). The van der Waals surface area contributed by atoms with Crippen molar-refractivity contribution in [2.45, 2.75) is 20.8 Å². The van der Waals surface area contributed by atoms with E-state index < -0.39 is 0 Å². The van der Waals surface area contributed by atoms with Crippen molar-refractivity contribution in [2.24, 2.45) is 0 Å². The van der Waals surface area contributed by atoms with Gasteiger partial charge in [-0.15, -0.1) is 61.2 Å². The lowest BCUT2D eigenvalue weighted by Gasteiger charge is -2.04. The Balaban J connectivity index is 1.03. The van der Waals surface area contributed by atoms with Crippen molar-refractivity contribution >= 4 is 0 Å². The standard InChI is InChI=1S/C39H24N12O6/c1-19-40-43-31(52-19)22-7-4-10-25(13-22)34-46-49-37(55-34)28-16-29(38-50-47-35(56-38)26-11-5-8-23(14-26)32-44-41-20(2)53-32)18-30(17-28)39-51-48-36(57-39)27-12-6-9-24(15-27)33-45-42-21(3)54-33/h4-18H,1-3H3. The number of hydrogen-bond donors (Lipinski definition) is 0. The molecule has 0 aliphatic rings. The molecule has 57 heavy (non-hydrogen) atoms. The molecule has 6 aromatic heterocycles. The zero-order valence-corrected chi connectivity index (χ0v) is 30.0. The number of aromatic nitrogens is 12. The maximum atomic E-state index is 6.23. The van der Waals surface area contributed by atoms with Gasteiger partial charge in [0, 0.05) is 70.8 Å². The largest absolute Gasteiger partial charge is 0.421 e. The van der Waals surface area contributed by atoms with Crippen LogP contribution in [-0.4, -0.2) is 61.2 Å². The number of nitrogens with zero attached hydrogens (tertiary/aromatic N) is 12. The maximum Gasteiger partial charge on any atom is 0.248 e. The van der Waals surface area contributed by atoms with Gasteiger partial charge >= 0.3 is 0 Å². The minimum atomic E-state index is 0.205. The van der Waals surface area contributed by atoms with E-state index >= 15 is 0 Å². The molecule has 0 fully saturated rings. The van der Waals surface area contributed by atoms with Crippen LogP contribution in [0.25, 0.3) is 103 Å². The molecular formula is C39H24N12O6. The topological polar surface area (TPSA) is 234 Å². The molecule has 0 saturated carbocycles. The van der Waals surface area contributed by atoms with E-state index in [0.29, 0.717) is 85.4 Å². The Morgan fingerprint density at radius 2 is 0.439 bits per heavy atom. The van der Waals surface area contributed by atoms with Crippen LogP contribution < -0.4 is 0 Å². The van der Waals surface area contributed by atoms with Crippen LogP contribution in [0.15, 0.2) is 117 Å². The van der Waals surface area contributed by atoms with Gasteiger partial charge in [-0.1, -0.05) is 18.2 Å². The highest BCUT2D eigenvalue weighted by molar-refractivity contribution is 5.75. The third-order valence-electron chi connectivity index (χ3n) is 8.60. The van der Waals surface area contributed by atoms with Crippen molar-refractivity contribution < 1.29 is 26.5 Å². The Bertz CT molecular complexity index is 2730. The summed E-state index contributed by atoms with van der Waals surface area (Å²) in [6.45, 7) is 5.18. The summed E-state index contributed by atoms with van der Waals surface area (Å²) in [4.78, 5) is 0. The van der Waals surface area contributed by atoms with Gasteiger partial charge in [-0.05, 0) is 72.8 Å². The molecule has 18 heteroatoms. The molecular weight excluding hydrogens is 733 g/mol. The van der Waals surface area contributed by atoms with Crippen molar-refractivity contribution in [3.05, 3.63) is 109 Å². The smallest absolute Gasteiger partial charge is 0.248 e. The molecule has 0 radical (unpaired) electrons. The van der Waals surface area contributed by atoms with Crippen molar-refractivity contribution in [3.8, 4) is 103 Å². The van der Waals surface area contributed by atoms with Crippen LogP contribution in [0.4, 0.5) is 0 Å². The summed E-state index contributed by atoms with van der Waals surface area (Å²) < 4.78 is 35.5. The van der Waals surface area contributed by atoms with Crippen molar-refractivity contribution in [2.75, 3.05) is 0 Å². The molecule has 18 nitrogen and oxygen atoms in total. The average Bonchev–Trinajstić information content (AvgIpc) is 4.10. The summed E-state index contributed by atoms with van der Waals surface area (Å²) in [5, 5.41) is 50.3. The minimum Gasteiger partial charge on any atom is -0.421 e. The van der Waals surface area contributed by atoms with Crippen LogP contribution >= 0.6 is 0 Å². The summed E-state index contributed by atoms with van der Waals surface area (Å²) in [6.07, 6.45) is 0. The second-order valence-corrected chi connectivity index (χ2v) is 12.7. The Labute approximate surface area is 319 Å². The Morgan fingerprint density at radius 1 is 0.246 bits per heavy atom. The van der Waals surface area contributed by atoms with Crippen molar-refractivity contribution in [1.82, 2.24) is 61.2 Å². The first-order valence-electron chi connectivity index (χ1n) is 17.3. The molecule has 0 aliphatic heterocycles. The number of hydrogen-bond acceptors (Lipinski definition) is 18. The zero-order valence-electron chi connectivity index (χ0n) is 30.0. The van der Waals surface area contributed by atoms with Crippen LogP contribution in [0.5, 0.6) is 0 Å². The predicted molar refractivity (Wildman–Crippen MR) is 197 cm³/mol. The summed E-state index contributed by atoms with van der Waals surface area (Å²) in [5.74, 6) is 3.89. The highest BCUT2D eigenvalue weighted by Gasteiger charge is 2.21. The highest BCUT2D eigenvalue weighted by atomic mass is 16.4. The fourth-order valence-corrected chi connectivity index (χ4v) is 5.96. The molecule has 0 bridgehead atoms. The second kappa shape index (κ2) is 13.5. The summed E-state index contributed by atoms with van der Waals surface area (Å²) in [7, 11) is 0. The van der Waals surface area contributed by atoms with Gasteiger partial charge in [0.2, 0.25) is 70.7 Å². The predicted octanol–water partition coefficient (Wildman–Crippen LogP) is 7.91. The molecule has 6 heterocycles. The van der Waals surface area contributed by atoms with Gasteiger partial charge in [-0.2, -0.15) is 0 Å². The van der Waals surface area contributed by atoms with E-state index in [1.54, 1.807) is 39.0 Å². The Morgan fingerprint density at radius 3 is 0.667 bits per heavy atom. The first-order valence-corrected chi connectivity index (χ1v) is 17.3. The van der Waals surface area contributed by atoms with Gasteiger partial charge in [0.05, 0.1) is 0 Å². The third-order valence-corrected chi connectivity index (χ3v) is 8.60. The van der Waals surface area contributed by atoms with E-state index in [1.807, 2.05) is 72.8 Å². The average molecular weight is 757 g/mol. The molecule has 0 amide bonds. The number of benzene rings is 4. The van der Waals surface area contributed by atoms with Gasteiger partial charge in [0.15, 0.2) is 0 Å². The molecule has 0 unspecified atom stereocenters. The summed E-state index contributed by atoms with van der Waals surface area (Å²) >= 11 is 0. The zero-order chi connectivity index (χ0) is 38.5. The monoisotopic (exact) mass is 756 g/mol. The first kappa shape index (κ1) is 33.3. The third kappa shape index (κ3) is 6.52. The molecule has 0 spiro atoms. The van der Waals surface area contributed by atoms with E-state index in [1.165, 1.54) is 0 Å². The van der Waals surface area contributed by atoms with Gasteiger partial charge in [0.1, 0.15) is 0 Å². The highest BCUT2D eigenvalue weighted by Crippen LogP contribution is 2.36. The van der Waals surface area contributed by atoms with Crippen LogP contribution in [-0.2, 0) is 0 Å². The summed E-state index contributed by atoms with van der Waals surface area (Å²) in [5.41, 5.74) is 5.61. The van der Waals surface area contributed by atoms with Gasteiger partial charge in [0.25, 0.3) is 0 Å². The van der Waals surface area contributed by atoms with E-state index in [2.05, 4.69) is 61.2 Å². The van der Waals surface area contributed by atoms with E-state index in [-0.39, 0.29) is 35.3 Å². The van der Waals surface area contributed by atoms with E-state index in [0.717, 1.165) is 0 Å². The SMILES string of the molecule is Cc1nnc(-c2cccc(-c3nnc(-c4cc(-c5nnc(-c6cccc(-c7nnc(C)o7)c6)o5)cc(-c5nnc(-c6cccc(-c7nnc(C)o7)c6)o5)c4)o3)c2)o1. The van der Waals surface area contributed by atoms with Gasteiger partial charge < -0.3 is 26.5 Å². The minimum absolute atomic E-state index is 0.205. The molecule has 0 aliphatic carbocycles. The Kier molecular flexibility index (Phi) is 7.91. The fourth-order valence-electron chi connectivity index (χ4n) is 5.96. The normalized spacial score (nSPS) is 11.4. The molecule has 0 saturated heterocycles. The van der Waals surface area contributed by atoms with Crippen molar-refractivity contribution in [1.29, 1.82) is 0 Å². The van der Waals surface area contributed by atoms with Gasteiger partial charge in [-0.3, -0.25) is 0 Å². The van der Waals surface area contributed by atoms with E-state index in [4.69, 9.17) is 26.5 Å². The van der Waals surface area contributed by atoms with Crippen LogP contribution in [0.3, 0.4) is 0 Å². The molecule has 10 aromatic rings. The Hall–Kier alpha value is -8.28. The fraction of sp³-hybridized carbons (Fsp3) is 0.0769. The molecule has 4 aromatic carbocycles. The lowest BCUT2D eigenvalue weighted by atomic mass is 10.1. The van der Waals surface area contributed by atoms with Gasteiger partial charge in [-0.25, -0.2) is 0 Å². The quantitative estimate of drug-likeness (QED) is 0.136. The van der Waals surface area contributed by atoms with Crippen LogP contribution in [0.1, 0.15) is 17.7 Å². The number of aryl methyl sites for hydroxylation is 3. The molecule has 0 atom stereocenters. The first-order chi connectivity index (χ1) is 27.9. The second-order valence-electron chi connectivity index (χ2n) is 12.7. The lowest BCUT2D eigenvalue weighted by Crippen LogP contribution is -1.87. The lowest BCUT2D eigenvalue weighted by molar-refractivity contribution is 0.532. The van der Waals surface area contributed by atoms with Crippen LogP contribution in [0, 0.1) is 20.8 Å². The maximum absolute atomic E-state index is 6.23. The molecule has 276 valence electrons. The molecule has 0 N–H and O–H groups in total. The van der Waals surface area contributed by atoms with Crippen LogP contribution in [0.2, 0.25) is 0 Å². The number of rotatable bonds is 9. The van der Waals surface area contributed by atoms with Crippen molar-refractivity contribution in [3.63, 3.8) is 0 Å². The van der Waals surface area contributed by atoms with E-state index in [9.17, 15) is 0 Å².